The largest absolute Gasteiger partial charge is 0.444 e. The van der Waals surface area contributed by atoms with E-state index in [1.165, 1.54) is 0 Å². The van der Waals surface area contributed by atoms with Gasteiger partial charge in [0.05, 0.1) is 6.07 Å². The molecule has 0 radical (unpaired) electrons. The number of piperidine rings is 2. The predicted molar refractivity (Wildman–Crippen MR) is 96.4 cm³/mol. The monoisotopic (exact) mass is 365 g/mol. The van der Waals surface area contributed by atoms with Crippen LogP contribution in [-0.4, -0.2) is 45.9 Å². The SMILES string of the molecule is CC(C)(C)OC(=O)NC1(C#N)CC2CCCC(C1)N2C(=O)OC(C)(C)C. The summed E-state index contributed by atoms with van der Waals surface area (Å²) in [6.45, 7) is 10.9. The Hall–Kier alpha value is -1.97. The van der Waals surface area contributed by atoms with Gasteiger partial charge in [-0.25, -0.2) is 9.59 Å². The second-order valence-corrected chi connectivity index (χ2v) is 9.36. The average Bonchev–Trinajstić information content (AvgIpc) is 2.42. The highest BCUT2D eigenvalue weighted by atomic mass is 16.6. The highest BCUT2D eigenvalue weighted by Crippen LogP contribution is 2.40. The van der Waals surface area contributed by atoms with Crippen LogP contribution in [0.2, 0.25) is 0 Å². The molecule has 1 N–H and O–H groups in total. The van der Waals surface area contributed by atoms with Crippen molar-refractivity contribution in [1.82, 2.24) is 10.2 Å². The smallest absolute Gasteiger partial charge is 0.410 e. The summed E-state index contributed by atoms with van der Waals surface area (Å²) >= 11 is 0. The maximum atomic E-state index is 12.6. The normalized spacial score (nSPS) is 28.7. The molecule has 2 bridgehead atoms. The fourth-order valence-electron chi connectivity index (χ4n) is 3.79. The lowest BCUT2D eigenvalue weighted by Gasteiger charge is -2.51. The first kappa shape index (κ1) is 20.3. The first-order chi connectivity index (χ1) is 11.8. The number of carbonyl (C=O) groups is 2. The molecule has 7 heteroatoms. The lowest BCUT2D eigenvalue weighted by atomic mass is 9.74. The van der Waals surface area contributed by atoms with Crippen LogP contribution < -0.4 is 5.32 Å². The molecular formula is C19H31N3O4. The molecule has 7 nitrogen and oxygen atoms in total. The second kappa shape index (κ2) is 6.98. The number of fused-ring (bicyclic) bond motifs is 2. The molecule has 2 saturated heterocycles. The molecule has 2 heterocycles. The van der Waals surface area contributed by atoms with Gasteiger partial charge in [0.2, 0.25) is 0 Å². The highest BCUT2D eigenvalue weighted by molar-refractivity contribution is 5.71. The number of ether oxygens (including phenoxy) is 2. The first-order valence-corrected chi connectivity index (χ1v) is 9.28. The topological polar surface area (TPSA) is 91.7 Å². The molecule has 2 aliphatic rings. The Labute approximate surface area is 156 Å². The predicted octanol–water partition coefficient (Wildman–Crippen LogP) is 3.73. The highest BCUT2D eigenvalue weighted by Gasteiger charge is 2.50. The number of alkyl carbamates (subject to hydrolysis) is 1. The zero-order chi connectivity index (χ0) is 19.8. The van der Waals surface area contributed by atoms with Gasteiger partial charge in [-0.3, -0.25) is 0 Å². The molecule has 0 saturated carbocycles. The van der Waals surface area contributed by atoms with Crippen molar-refractivity contribution in [3.8, 4) is 6.07 Å². The van der Waals surface area contributed by atoms with Crippen molar-refractivity contribution >= 4 is 12.2 Å². The van der Waals surface area contributed by atoms with Gasteiger partial charge in [-0.15, -0.1) is 0 Å². The molecule has 0 aromatic heterocycles. The summed E-state index contributed by atoms with van der Waals surface area (Å²) < 4.78 is 10.9. The maximum Gasteiger partial charge on any atom is 0.410 e. The Bertz CT molecular complexity index is 583. The number of nitrogens with zero attached hydrogens (tertiary/aromatic N) is 2. The molecular weight excluding hydrogens is 334 g/mol. The Morgan fingerprint density at radius 3 is 1.96 bits per heavy atom. The number of carbonyl (C=O) groups excluding carboxylic acids is 2. The van der Waals surface area contributed by atoms with Gasteiger partial charge in [-0.1, -0.05) is 0 Å². The Morgan fingerprint density at radius 1 is 1.04 bits per heavy atom. The standard InChI is InChI=1S/C19H31N3O4/c1-17(2,3)25-15(23)21-19(12-20)10-13-8-7-9-14(11-19)22(13)16(24)26-18(4,5)6/h13-14H,7-11H2,1-6H3,(H,21,23). The summed E-state index contributed by atoms with van der Waals surface area (Å²) in [6, 6.07) is 2.04. The van der Waals surface area contributed by atoms with Gasteiger partial charge < -0.3 is 19.7 Å². The van der Waals surface area contributed by atoms with Crippen molar-refractivity contribution in [3.63, 3.8) is 0 Å². The molecule has 146 valence electrons. The van der Waals surface area contributed by atoms with Crippen molar-refractivity contribution in [2.45, 2.75) is 102 Å². The van der Waals surface area contributed by atoms with Gasteiger partial charge in [0, 0.05) is 24.9 Å². The van der Waals surface area contributed by atoms with Crippen LogP contribution in [0.25, 0.3) is 0 Å². The maximum absolute atomic E-state index is 12.6. The van der Waals surface area contributed by atoms with E-state index in [0.29, 0.717) is 12.8 Å². The van der Waals surface area contributed by atoms with Gasteiger partial charge in [-0.05, 0) is 60.8 Å². The van der Waals surface area contributed by atoms with E-state index in [0.717, 1.165) is 19.3 Å². The molecule has 26 heavy (non-hydrogen) atoms. The second-order valence-electron chi connectivity index (χ2n) is 9.36. The van der Waals surface area contributed by atoms with Crippen LogP contribution >= 0.6 is 0 Å². The van der Waals surface area contributed by atoms with Gasteiger partial charge in [0.1, 0.15) is 16.7 Å². The summed E-state index contributed by atoms with van der Waals surface area (Å²) in [6.07, 6.45) is 2.45. The molecule has 0 spiro atoms. The van der Waals surface area contributed by atoms with E-state index in [4.69, 9.17) is 9.47 Å². The fraction of sp³-hybridized carbons (Fsp3) is 0.842. The summed E-state index contributed by atoms with van der Waals surface area (Å²) in [5.41, 5.74) is -2.21. The number of nitrogens with one attached hydrogen (secondary N) is 1. The van der Waals surface area contributed by atoms with E-state index in [1.807, 2.05) is 20.8 Å². The molecule has 0 aromatic rings. The van der Waals surface area contributed by atoms with Crippen molar-refractivity contribution in [2.75, 3.05) is 0 Å². The van der Waals surface area contributed by atoms with Crippen LogP contribution in [0.4, 0.5) is 9.59 Å². The van der Waals surface area contributed by atoms with Gasteiger partial charge in [0.25, 0.3) is 0 Å². The number of hydrogen-bond donors (Lipinski definition) is 1. The summed E-state index contributed by atoms with van der Waals surface area (Å²) in [5.74, 6) is 0. The summed E-state index contributed by atoms with van der Waals surface area (Å²) in [7, 11) is 0. The van der Waals surface area contributed by atoms with Crippen molar-refractivity contribution in [1.29, 1.82) is 5.26 Å². The van der Waals surface area contributed by atoms with Crippen molar-refractivity contribution in [2.24, 2.45) is 0 Å². The molecule has 0 aliphatic carbocycles. The van der Waals surface area contributed by atoms with Crippen LogP contribution in [-0.2, 0) is 9.47 Å². The third-order valence-corrected chi connectivity index (χ3v) is 4.59. The van der Waals surface area contributed by atoms with E-state index in [1.54, 1.807) is 25.7 Å². The third kappa shape index (κ3) is 5.03. The number of nitriles is 1. The molecule has 2 fully saturated rings. The lowest BCUT2D eigenvalue weighted by Crippen LogP contribution is -2.64. The number of hydrogen-bond acceptors (Lipinski definition) is 5. The Kier molecular flexibility index (Phi) is 5.46. The molecule has 0 aromatic carbocycles. The van der Waals surface area contributed by atoms with Crippen molar-refractivity contribution < 1.29 is 19.1 Å². The minimum Gasteiger partial charge on any atom is -0.444 e. The van der Waals surface area contributed by atoms with Crippen LogP contribution in [0.1, 0.15) is 73.6 Å². The molecule has 2 amide bonds. The quantitative estimate of drug-likeness (QED) is 0.764. The number of amides is 2. The van der Waals surface area contributed by atoms with Crippen LogP contribution in [0, 0.1) is 11.3 Å². The zero-order valence-electron chi connectivity index (χ0n) is 16.7. The number of rotatable bonds is 1. The van der Waals surface area contributed by atoms with Crippen molar-refractivity contribution in [3.05, 3.63) is 0 Å². The van der Waals surface area contributed by atoms with E-state index in [9.17, 15) is 14.9 Å². The Morgan fingerprint density at radius 2 is 1.54 bits per heavy atom. The Balaban J connectivity index is 2.15. The van der Waals surface area contributed by atoms with E-state index in [2.05, 4.69) is 11.4 Å². The fourth-order valence-corrected chi connectivity index (χ4v) is 3.79. The minimum atomic E-state index is -1.02. The van der Waals surface area contributed by atoms with E-state index in [-0.39, 0.29) is 18.2 Å². The molecule has 2 aliphatic heterocycles. The molecule has 2 rings (SSSR count). The van der Waals surface area contributed by atoms with Crippen LogP contribution in [0.3, 0.4) is 0 Å². The van der Waals surface area contributed by atoms with Crippen LogP contribution in [0.5, 0.6) is 0 Å². The first-order valence-electron chi connectivity index (χ1n) is 9.28. The minimum absolute atomic E-state index is 0.119. The zero-order valence-corrected chi connectivity index (χ0v) is 16.7. The molecule has 2 atom stereocenters. The lowest BCUT2D eigenvalue weighted by molar-refractivity contribution is -0.0313. The van der Waals surface area contributed by atoms with Gasteiger partial charge in [-0.2, -0.15) is 5.26 Å². The average molecular weight is 365 g/mol. The molecule has 2 unspecified atom stereocenters. The third-order valence-electron chi connectivity index (χ3n) is 4.59. The summed E-state index contributed by atoms with van der Waals surface area (Å²) in [5, 5.41) is 12.6. The van der Waals surface area contributed by atoms with E-state index >= 15 is 0 Å². The van der Waals surface area contributed by atoms with Crippen LogP contribution in [0.15, 0.2) is 0 Å². The van der Waals surface area contributed by atoms with E-state index < -0.39 is 22.8 Å². The summed E-state index contributed by atoms with van der Waals surface area (Å²) in [4.78, 5) is 26.6. The van der Waals surface area contributed by atoms with Gasteiger partial charge in [0.15, 0.2) is 0 Å². The van der Waals surface area contributed by atoms with Gasteiger partial charge >= 0.3 is 12.2 Å².